The van der Waals surface area contributed by atoms with Crippen LogP contribution in [0, 0.1) is 0 Å². The fraction of sp³-hybridized carbons (Fsp3) is 0.438. The molecule has 16 heteroatoms. The van der Waals surface area contributed by atoms with Crippen molar-refractivity contribution in [2.45, 2.75) is 71.5 Å². The zero-order valence-electron chi connectivity index (χ0n) is 28.0. The minimum Gasteiger partial charge on any atom is -0.495 e. The number of carbonyl (C=O) groups is 2. The third-order valence-corrected chi connectivity index (χ3v) is 8.38. The molecule has 0 saturated carbocycles. The minimum absolute atomic E-state index is 0.155. The number of nitrogens with one attached hydrogen (secondary N) is 4. The van der Waals surface area contributed by atoms with Gasteiger partial charge in [0.25, 0.3) is 0 Å². The predicted octanol–water partition coefficient (Wildman–Crippen LogP) is 7.03. The lowest BCUT2D eigenvalue weighted by molar-refractivity contribution is 0.0204. The molecule has 0 bridgehead atoms. The summed E-state index contributed by atoms with van der Waals surface area (Å²) in [5, 5.41) is 6.30. The molecule has 4 rings (SSSR count). The molecule has 1 aromatic heterocycles. The van der Waals surface area contributed by atoms with E-state index in [1.165, 1.54) is 6.07 Å². The van der Waals surface area contributed by atoms with E-state index in [9.17, 15) is 18.0 Å². The van der Waals surface area contributed by atoms with E-state index >= 15 is 0 Å². The van der Waals surface area contributed by atoms with Crippen molar-refractivity contribution in [3.63, 3.8) is 0 Å². The average Bonchev–Trinajstić information content (AvgIpc) is 2.97. The number of hydrogen-bond donors (Lipinski definition) is 4. The Morgan fingerprint density at radius 3 is 2.19 bits per heavy atom. The van der Waals surface area contributed by atoms with Crippen LogP contribution in [0.4, 0.5) is 38.4 Å². The maximum absolute atomic E-state index is 12.7. The Kier molecular flexibility index (Phi) is 11.3. The number of methoxy groups -OCH3 is 1. The summed E-state index contributed by atoms with van der Waals surface area (Å²) in [6.07, 6.45) is 1.75. The normalized spacial score (nSPS) is 14.1. The molecule has 3 aromatic rings. The first-order valence-electron chi connectivity index (χ1n) is 15.3. The number of hydrogen-bond acceptors (Lipinski definition) is 11. The molecule has 4 N–H and O–H groups in total. The van der Waals surface area contributed by atoms with Crippen LogP contribution in [0.15, 0.2) is 53.1 Å². The van der Waals surface area contributed by atoms with E-state index in [1.807, 2.05) is 43.7 Å². The predicted molar refractivity (Wildman–Crippen MR) is 187 cm³/mol. The van der Waals surface area contributed by atoms with Gasteiger partial charge in [-0.05, 0) is 106 Å². The van der Waals surface area contributed by atoms with Gasteiger partial charge in [0.05, 0.1) is 28.6 Å². The highest BCUT2D eigenvalue weighted by Gasteiger charge is 2.28. The van der Waals surface area contributed by atoms with Crippen LogP contribution in [0.25, 0.3) is 0 Å². The molecule has 2 heterocycles. The number of benzene rings is 2. The van der Waals surface area contributed by atoms with Crippen molar-refractivity contribution in [2.75, 3.05) is 35.6 Å². The Hall–Kier alpha value is -4.31. The quantitative estimate of drug-likeness (QED) is 0.177. The van der Waals surface area contributed by atoms with Gasteiger partial charge < -0.3 is 29.7 Å². The van der Waals surface area contributed by atoms with Crippen molar-refractivity contribution < 1.29 is 32.2 Å². The molecule has 2 amide bonds. The Morgan fingerprint density at radius 1 is 0.917 bits per heavy atom. The van der Waals surface area contributed by atoms with Crippen LogP contribution >= 0.6 is 15.9 Å². The van der Waals surface area contributed by atoms with Gasteiger partial charge in [-0.2, -0.15) is 13.4 Å². The number of carbonyl (C=O) groups excluding carboxylic acids is 2. The lowest BCUT2D eigenvalue weighted by atomic mass is 9.89. The van der Waals surface area contributed by atoms with E-state index in [1.54, 1.807) is 57.2 Å². The van der Waals surface area contributed by atoms with E-state index in [0.29, 0.717) is 40.5 Å². The summed E-state index contributed by atoms with van der Waals surface area (Å²) < 4.78 is 46.3. The molecule has 48 heavy (non-hydrogen) atoms. The van der Waals surface area contributed by atoms with Crippen molar-refractivity contribution >= 4 is 67.2 Å². The van der Waals surface area contributed by atoms with Crippen LogP contribution in [0.5, 0.6) is 5.75 Å². The summed E-state index contributed by atoms with van der Waals surface area (Å²) in [4.78, 5) is 35.2. The largest absolute Gasteiger partial charge is 0.495 e. The molecule has 1 aliphatic rings. The summed E-state index contributed by atoms with van der Waals surface area (Å²) in [6.45, 7) is 11.7. The van der Waals surface area contributed by atoms with Crippen LogP contribution in [0.1, 0.15) is 65.9 Å². The van der Waals surface area contributed by atoms with Crippen molar-refractivity contribution in [2.24, 2.45) is 0 Å². The Bertz CT molecular complexity index is 1740. The smallest absolute Gasteiger partial charge is 0.422 e. The van der Waals surface area contributed by atoms with Gasteiger partial charge in [0.2, 0.25) is 5.95 Å². The molecule has 0 radical (unpaired) electrons. The summed E-state index contributed by atoms with van der Waals surface area (Å²) in [5.74, 6) is 1.44. The fourth-order valence-electron chi connectivity index (χ4n) is 4.81. The number of piperidine rings is 1. The molecule has 0 aliphatic carbocycles. The maximum Gasteiger partial charge on any atom is 0.422 e. The fourth-order valence-corrected chi connectivity index (χ4v) is 5.88. The van der Waals surface area contributed by atoms with Crippen LogP contribution < -0.4 is 24.8 Å². The molecule has 2 aromatic carbocycles. The topological polar surface area (TPSA) is 173 Å². The standard InChI is InChI=1S/C32H42BrN7O7S/c1-31(2,3)46-29(41)39-48(43,44)38-24-11-9-8-10-23(24)35-27-22(33)19-34-28(37-27)36-25-13-12-21(18-26(25)45-7)20-14-16-40(17-15-20)30(42)47-32(4,5)6/h8-13,18-20,38H,14-17H2,1-7H3,(H,39,41)(H2,34,35,36,37). The van der Waals surface area contributed by atoms with Crippen LogP contribution in [-0.4, -0.2) is 66.9 Å². The van der Waals surface area contributed by atoms with E-state index < -0.39 is 27.5 Å². The lowest BCUT2D eigenvalue weighted by Crippen LogP contribution is -2.41. The summed E-state index contributed by atoms with van der Waals surface area (Å²) in [5.41, 5.74) is 0.841. The van der Waals surface area contributed by atoms with Crippen molar-refractivity contribution in [1.29, 1.82) is 0 Å². The summed E-state index contributed by atoms with van der Waals surface area (Å²) in [6, 6.07) is 12.4. The Balaban J connectivity index is 1.45. The van der Waals surface area contributed by atoms with E-state index in [2.05, 4.69) is 41.3 Å². The second-order valence-corrected chi connectivity index (χ2v) is 15.4. The highest BCUT2D eigenvalue weighted by atomic mass is 79.9. The van der Waals surface area contributed by atoms with Gasteiger partial charge in [-0.1, -0.05) is 18.2 Å². The van der Waals surface area contributed by atoms with Gasteiger partial charge in [-0.15, -0.1) is 0 Å². The van der Waals surface area contributed by atoms with Gasteiger partial charge in [0, 0.05) is 19.3 Å². The zero-order chi connectivity index (χ0) is 35.3. The van der Waals surface area contributed by atoms with Gasteiger partial charge in [-0.25, -0.2) is 19.3 Å². The maximum atomic E-state index is 12.7. The highest BCUT2D eigenvalue weighted by Crippen LogP contribution is 2.36. The number of anilines is 5. The number of halogens is 1. The number of para-hydroxylation sites is 2. The minimum atomic E-state index is -4.32. The second-order valence-electron chi connectivity index (χ2n) is 13.1. The van der Waals surface area contributed by atoms with Crippen molar-refractivity contribution in [1.82, 2.24) is 19.6 Å². The molecule has 1 aliphatic heterocycles. The number of rotatable bonds is 9. The second kappa shape index (κ2) is 14.8. The Morgan fingerprint density at radius 2 is 1.56 bits per heavy atom. The van der Waals surface area contributed by atoms with Gasteiger partial charge in [-0.3, -0.25) is 4.72 Å². The number of ether oxygens (including phenoxy) is 3. The number of likely N-dealkylation sites (tertiary alicyclic amines) is 1. The molecule has 0 atom stereocenters. The third kappa shape index (κ3) is 10.6. The zero-order valence-corrected chi connectivity index (χ0v) is 30.4. The molecule has 0 unspecified atom stereocenters. The van der Waals surface area contributed by atoms with Crippen molar-refractivity contribution in [3.8, 4) is 5.75 Å². The van der Waals surface area contributed by atoms with E-state index in [-0.39, 0.29) is 23.6 Å². The Labute approximate surface area is 289 Å². The molecule has 0 spiro atoms. The molecule has 1 fully saturated rings. The van der Waals surface area contributed by atoms with Gasteiger partial charge >= 0.3 is 22.4 Å². The van der Waals surface area contributed by atoms with Crippen molar-refractivity contribution in [3.05, 3.63) is 58.7 Å². The van der Waals surface area contributed by atoms with Gasteiger partial charge in [0.15, 0.2) is 0 Å². The van der Waals surface area contributed by atoms with Gasteiger partial charge in [0.1, 0.15) is 22.8 Å². The van der Waals surface area contributed by atoms with E-state index in [0.717, 1.165) is 18.4 Å². The third-order valence-electron chi connectivity index (χ3n) is 6.88. The SMILES string of the molecule is COc1cc(C2CCN(C(=O)OC(C)(C)C)CC2)ccc1Nc1ncc(Br)c(Nc2ccccc2NS(=O)(=O)NC(=O)OC(C)(C)C)n1. The van der Waals surface area contributed by atoms with E-state index in [4.69, 9.17) is 14.2 Å². The first-order valence-corrected chi connectivity index (χ1v) is 17.5. The average molecular weight is 749 g/mol. The molecular weight excluding hydrogens is 706 g/mol. The highest BCUT2D eigenvalue weighted by molar-refractivity contribution is 9.10. The lowest BCUT2D eigenvalue weighted by Gasteiger charge is -2.33. The number of aromatic nitrogens is 2. The van der Waals surface area contributed by atoms with Crippen LogP contribution in [-0.2, 0) is 19.7 Å². The number of nitrogens with zero attached hydrogens (tertiary/aromatic N) is 3. The van der Waals surface area contributed by atoms with Crippen LogP contribution in [0.3, 0.4) is 0 Å². The summed E-state index contributed by atoms with van der Waals surface area (Å²) in [7, 11) is -2.74. The van der Waals surface area contributed by atoms with Crippen LogP contribution in [0.2, 0.25) is 0 Å². The molecule has 1 saturated heterocycles. The monoisotopic (exact) mass is 747 g/mol. The molecule has 260 valence electrons. The molecular formula is C32H42BrN7O7S. The molecule has 14 nitrogen and oxygen atoms in total. The first kappa shape index (κ1) is 36.5. The summed E-state index contributed by atoms with van der Waals surface area (Å²) >= 11 is 3.44. The number of amides is 2. The first-order chi connectivity index (χ1) is 22.4.